The van der Waals surface area contributed by atoms with Crippen molar-refractivity contribution in [2.24, 2.45) is 0 Å². The molecule has 1 saturated heterocycles. The molecule has 21 heavy (non-hydrogen) atoms. The molecule has 8 heteroatoms. The fourth-order valence-corrected chi connectivity index (χ4v) is 3.92. The summed E-state index contributed by atoms with van der Waals surface area (Å²) in [6.45, 7) is 0. The molecule has 0 bridgehead atoms. The molecular weight excluding hydrogens is 312 g/mol. The lowest BCUT2D eigenvalue weighted by Crippen LogP contribution is -2.47. The van der Waals surface area contributed by atoms with E-state index in [1.165, 1.54) is 22.7 Å². The molecule has 0 radical (unpaired) electrons. The van der Waals surface area contributed by atoms with Gasteiger partial charge in [-0.1, -0.05) is 18.2 Å². The number of carbonyl (C=O) groups excluding carboxylic acids is 2. The lowest BCUT2D eigenvalue weighted by atomic mass is 10.1. The maximum atomic E-state index is 12.3. The smallest absolute Gasteiger partial charge is 0.267 e. The predicted molar refractivity (Wildman–Crippen MR) is 82.3 cm³/mol. The van der Waals surface area contributed by atoms with E-state index in [2.05, 4.69) is 12.6 Å². The second-order valence-corrected chi connectivity index (χ2v) is 6.07. The van der Waals surface area contributed by atoms with E-state index in [-0.39, 0.29) is 18.1 Å². The monoisotopic (exact) mass is 328 g/mol. The van der Waals surface area contributed by atoms with Gasteiger partial charge >= 0.3 is 0 Å². The Morgan fingerprint density at radius 3 is 2.76 bits per heavy atom. The van der Waals surface area contributed by atoms with Gasteiger partial charge in [-0.15, -0.1) is 11.8 Å². The number of phenols is 1. The molecular formula is C13H16N2O4S2. The number of hydrogen-bond donors (Lipinski definition) is 4. The number of aromatic hydroxyl groups is 1. The fourth-order valence-electron chi connectivity index (χ4n) is 2.25. The van der Waals surface area contributed by atoms with E-state index in [0.29, 0.717) is 17.1 Å². The Kier molecular flexibility index (Phi) is 5.38. The van der Waals surface area contributed by atoms with Crippen LogP contribution in [0.25, 0.3) is 0 Å². The van der Waals surface area contributed by atoms with Crippen LogP contribution in [0, 0.1) is 0 Å². The number of amides is 2. The van der Waals surface area contributed by atoms with E-state index in [1.807, 2.05) is 0 Å². The molecule has 1 aromatic carbocycles. The lowest BCUT2D eigenvalue weighted by molar-refractivity contribution is -0.143. The summed E-state index contributed by atoms with van der Waals surface area (Å²) in [5, 5.41) is 18.3. The molecule has 2 atom stereocenters. The molecule has 1 fully saturated rings. The van der Waals surface area contributed by atoms with Crippen LogP contribution in [0.15, 0.2) is 24.3 Å². The normalized spacial score (nSPS) is 21.3. The first-order valence-electron chi connectivity index (χ1n) is 6.35. The van der Waals surface area contributed by atoms with Gasteiger partial charge in [0.1, 0.15) is 17.2 Å². The third-order valence-corrected chi connectivity index (χ3v) is 4.76. The van der Waals surface area contributed by atoms with E-state index in [1.54, 1.807) is 23.7 Å². The molecule has 2 rings (SSSR count). The molecule has 0 unspecified atom stereocenters. The van der Waals surface area contributed by atoms with Gasteiger partial charge in [0.25, 0.3) is 5.91 Å². The molecule has 2 amide bonds. The highest BCUT2D eigenvalue weighted by Gasteiger charge is 2.42. The van der Waals surface area contributed by atoms with Gasteiger partial charge in [0.2, 0.25) is 5.91 Å². The summed E-state index contributed by atoms with van der Waals surface area (Å²) in [5.41, 5.74) is 2.17. The molecule has 0 aromatic heterocycles. The zero-order valence-electron chi connectivity index (χ0n) is 11.1. The van der Waals surface area contributed by atoms with Crippen LogP contribution in [0.4, 0.5) is 0 Å². The second kappa shape index (κ2) is 7.06. The van der Waals surface area contributed by atoms with E-state index >= 15 is 0 Å². The van der Waals surface area contributed by atoms with E-state index < -0.39 is 17.3 Å². The predicted octanol–water partition coefficient (Wildman–Crippen LogP) is 1.16. The Morgan fingerprint density at radius 1 is 1.43 bits per heavy atom. The van der Waals surface area contributed by atoms with Gasteiger partial charge in [-0.2, -0.15) is 12.6 Å². The van der Waals surface area contributed by atoms with E-state index in [9.17, 15) is 14.7 Å². The maximum Gasteiger partial charge on any atom is 0.267 e. The van der Waals surface area contributed by atoms with Gasteiger partial charge < -0.3 is 10.0 Å². The Hall–Kier alpha value is -1.38. The minimum atomic E-state index is -0.767. The van der Waals surface area contributed by atoms with Crippen molar-refractivity contribution in [3.05, 3.63) is 29.8 Å². The van der Waals surface area contributed by atoms with Crippen molar-refractivity contribution >= 4 is 36.2 Å². The Balaban J connectivity index is 2.34. The first-order chi connectivity index (χ1) is 10.1. The first kappa shape index (κ1) is 16.0. The molecule has 3 N–H and O–H groups in total. The molecule has 0 spiro atoms. The number of phenolic OH excluding ortho intramolecular Hbond substituents is 1. The number of thioether (sulfide) groups is 1. The van der Waals surface area contributed by atoms with Crippen molar-refractivity contribution in [3.8, 4) is 5.75 Å². The van der Waals surface area contributed by atoms with Crippen molar-refractivity contribution in [2.75, 3.05) is 11.5 Å². The number of hydrogen-bond acceptors (Lipinski definition) is 6. The number of rotatable bonds is 4. The van der Waals surface area contributed by atoms with Crippen LogP contribution in [0.2, 0.25) is 0 Å². The quantitative estimate of drug-likeness (QED) is 0.378. The molecule has 0 aliphatic carbocycles. The lowest BCUT2D eigenvalue weighted by Gasteiger charge is -2.28. The van der Waals surface area contributed by atoms with Crippen LogP contribution in [-0.4, -0.2) is 44.6 Å². The molecule has 1 aliphatic heterocycles. The molecule has 1 aliphatic rings. The van der Waals surface area contributed by atoms with Crippen LogP contribution in [0.1, 0.15) is 17.4 Å². The summed E-state index contributed by atoms with van der Waals surface area (Å²) >= 11 is 5.41. The molecule has 0 saturated carbocycles. The average Bonchev–Trinajstić information content (AvgIpc) is 2.92. The Labute approximate surface area is 131 Å². The van der Waals surface area contributed by atoms with Gasteiger partial charge in [-0.25, -0.2) is 5.48 Å². The minimum Gasteiger partial charge on any atom is -0.508 e. The van der Waals surface area contributed by atoms with Crippen molar-refractivity contribution in [3.63, 3.8) is 0 Å². The van der Waals surface area contributed by atoms with Crippen molar-refractivity contribution in [2.45, 2.75) is 17.8 Å². The summed E-state index contributed by atoms with van der Waals surface area (Å²) in [6.07, 6.45) is 0.184. The number of para-hydroxylation sites is 1. The molecule has 1 aromatic rings. The molecule has 114 valence electrons. The fraction of sp³-hybridized carbons (Fsp3) is 0.385. The van der Waals surface area contributed by atoms with Crippen LogP contribution in [0.5, 0.6) is 5.75 Å². The SMILES string of the molecule is O=C(NO)[C@@H]1CS[C@H](c2ccccc2O)N1C(=O)CCS. The number of thiol groups is 1. The Morgan fingerprint density at radius 2 is 2.14 bits per heavy atom. The summed E-state index contributed by atoms with van der Waals surface area (Å²) in [4.78, 5) is 25.4. The zero-order chi connectivity index (χ0) is 15.4. The molecule has 6 nitrogen and oxygen atoms in total. The highest BCUT2D eigenvalue weighted by Crippen LogP contribution is 2.44. The topological polar surface area (TPSA) is 89.9 Å². The van der Waals surface area contributed by atoms with Crippen molar-refractivity contribution in [1.82, 2.24) is 10.4 Å². The first-order valence-corrected chi connectivity index (χ1v) is 8.03. The molecule has 1 heterocycles. The van der Waals surface area contributed by atoms with Gasteiger partial charge in [0, 0.05) is 17.7 Å². The van der Waals surface area contributed by atoms with Crippen LogP contribution < -0.4 is 5.48 Å². The number of benzene rings is 1. The number of carbonyl (C=O) groups is 2. The van der Waals surface area contributed by atoms with Crippen LogP contribution >= 0.6 is 24.4 Å². The number of nitrogens with zero attached hydrogens (tertiary/aromatic N) is 1. The average molecular weight is 328 g/mol. The summed E-state index contributed by atoms with van der Waals surface area (Å²) < 4.78 is 0. The largest absolute Gasteiger partial charge is 0.508 e. The van der Waals surface area contributed by atoms with Gasteiger partial charge in [0.05, 0.1) is 0 Å². The van der Waals surface area contributed by atoms with Gasteiger partial charge in [-0.3, -0.25) is 14.8 Å². The maximum absolute atomic E-state index is 12.3. The van der Waals surface area contributed by atoms with Crippen molar-refractivity contribution < 1.29 is 19.9 Å². The van der Waals surface area contributed by atoms with Gasteiger partial charge in [-0.05, 0) is 11.8 Å². The zero-order valence-corrected chi connectivity index (χ0v) is 12.8. The third kappa shape index (κ3) is 3.28. The van der Waals surface area contributed by atoms with Crippen LogP contribution in [-0.2, 0) is 9.59 Å². The number of nitrogens with one attached hydrogen (secondary N) is 1. The van der Waals surface area contributed by atoms with Crippen molar-refractivity contribution in [1.29, 1.82) is 0 Å². The highest BCUT2D eigenvalue weighted by atomic mass is 32.2. The highest BCUT2D eigenvalue weighted by molar-refractivity contribution is 7.99. The van der Waals surface area contributed by atoms with Crippen LogP contribution in [0.3, 0.4) is 0 Å². The summed E-state index contributed by atoms with van der Waals surface area (Å²) in [7, 11) is 0. The standard InChI is InChI=1S/C13H16N2O4S2/c16-10-4-2-1-3-8(10)13-15(11(17)5-6-20)9(7-21-13)12(18)14-19/h1-4,9,13,16,19-20H,5-7H2,(H,14,18)/t9-,13+/m0/s1. The second-order valence-electron chi connectivity index (χ2n) is 4.51. The third-order valence-electron chi connectivity index (χ3n) is 3.23. The minimum absolute atomic E-state index is 0.0729. The number of hydroxylamine groups is 1. The van der Waals surface area contributed by atoms with Gasteiger partial charge in [0.15, 0.2) is 0 Å². The summed E-state index contributed by atoms with van der Waals surface area (Å²) in [6, 6.07) is 5.94. The van der Waals surface area contributed by atoms with E-state index in [0.717, 1.165) is 0 Å². The summed E-state index contributed by atoms with van der Waals surface area (Å²) in [5.74, 6) is -0.0847. The van der Waals surface area contributed by atoms with E-state index in [4.69, 9.17) is 5.21 Å². The Bertz CT molecular complexity index is 541.